The summed E-state index contributed by atoms with van der Waals surface area (Å²) < 4.78 is 16.1. The Kier molecular flexibility index (Phi) is 6.91. The molecule has 0 amide bonds. The largest absolute Gasteiger partial charge is 0.478 e. The van der Waals surface area contributed by atoms with E-state index in [9.17, 15) is 19.4 Å². The standard InChI is InChI=1S/C25H29FN2O3/c1-25(2,3)15-19-16-27-22(28(19)13-14-29)12-9-17-7-10-18(11-8-17)20-5-4-6-21(26)23(20)24(30)31/h4-8,10-11,16,29H,9,12-15H2,1-3H3,(H,30,31). The highest BCUT2D eigenvalue weighted by atomic mass is 19.1. The van der Waals surface area contributed by atoms with Crippen LogP contribution in [0.3, 0.4) is 0 Å². The number of carbonyl (C=O) groups is 1. The van der Waals surface area contributed by atoms with Gasteiger partial charge in [-0.25, -0.2) is 14.2 Å². The van der Waals surface area contributed by atoms with E-state index >= 15 is 0 Å². The lowest BCUT2D eigenvalue weighted by molar-refractivity contribution is 0.0693. The zero-order chi connectivity index (χ0) is 22.6. The summed E-state index contributed by atoms with van der Waals surface area (Å²) in [6.45, 7) is 7.13. The molecule has 0 fully saturated rings. The van der Waals surface area contributed by atoms with Crippen molar-refractivity contribution in [2.24, 2.45) is 5.41 Å². The van der Waals surface area contributed by atoms with Crippen molar-refractivity contribution in [1.29, 1.82) is 0 Å². The van der Waals surface area contributed by atoms with Crippen LogP contribution in [-0.4, -0.2) is 32.3 Å². The summed E-state index contributed by atoms with van der Waals surface area (Å²) in [7, 11) is 0. The average Bonchev–Trinajstić information content (AvgIpc) is 3.06. The predicted molar refractivity (Wildman–Crippen MR) is 119 cm³/mol. The van der Waals surface area contributed by atoms with Gasteiger partial charge in [0.05, 0.1) is 6.61 Å². The summed E-state index contributed by atoms with van der Waals surface area (Å²) >= 11 is 0. The lowest BCUT2D eigenvalue weighted by Gasteiger charge is -2.19. The van der Waals surface area contributed by atoms with Crippen molar-refractivity contribution in [3.63, 3.8) is 0 Å². The van der Waals surface area contributed by atoms with Crippen LogP contribution >= 0.6 is 0 Å². The molecule has 164 valence electrons. The fourth-order valence-corrected chi connectivity index (χ4v) is 3.80. The molecule has 0 aliphatic rings. The maximum Gasteiger partial charge on any atom is 0.339 e. The number of rotatable bonds is 8. The number of aliphatic hydroxyl groups is 1. The van der Waals surface area contributed by atoms with E-state index in [1.165, 1.54) is 6.07 Å². The molecule has 0 radical (unpaired) electrons. The number of imidazole rings is 1. The smallest absolute Gasteiger partial charge is 0.339 e. The maximum atomic E-state index is 14.0. The molecule has 0 aliphatic heterocycles. The van der Waals surface area contributed by atoms with Gasteiger partial charge in [0.2, 0.25) is 0 Å². The number of aromatic nitrogens is 2. The number of carboxylic acids is 1. The Labute approximate surface area is 182 Å². The van der Waals surface area contributed by atoms with Crippen LogP contribution in [-0.2, 0) is 25.8 Å². The van der Waals surface area contributed by atoms with Gasteiger partial charge in [0.1, 0.15) is 17.2 Å². The van der Waals surface area contributed by atoms with Crippen LogP contribution in [0.2, 0.25) is 0 Å². The van der Waals surface area contributed by atoms with Gasteiger partial charge in [-0.05, 0) is 41.0 Å². The molecule has 0 spiro atoms. The van der Waals surface area contributed by atoms with Crippen molar-refractivity contribution in [1.82, 2.24) is 9.55 Å². The van der Waals surface area contributed by atoms with E-state index in [-0.39, 0.29) is 17.6 Å². The van der Waals surface area contributed by atoms with Crippen molar-refractivity contribution >= 4 is 5.97 Å². The van der Waals surface area contributed by atoms with Gasteiger partial charge >= 0.3 is 5.97 Å². The van der Waals surface area contributed by atoms with E-state index in [2.05, 4.69) is 30.3 Å². The van der Waals surface area contributed by atoms with E-state index < -0.39 is 11.8 Å². The molecule has 3 aromatic rings. The number of nitrogens with zero attached hydrogens (tertiary/aromatic N) is 2. The zero-order valence-corrected chi connectivity index (χ0v) is 18.2. The quantitative estimate of drug-likeness (QED) is 0.547. The van der Waals surface area contributed by atoms with Gasteiger partial charge in [-0.3, -0.25) is 0 Å². The van der Waals surface area contributed by atoms with Crippen LogP contribution in [0.5, 0.6) is 0 Å². The molecule has 0 saturated carbocycles. The van der Waals surface area contributed by atoms with Crippen molar-refractivity contribution < 1.29 is 19.4 Å². The summed E-state index contributed by atoms with van der Waals surface area (Å²) in [5, 5.41) is 18.8. The van der Waals surface area contributed by atoms with Gasteiger partial charge in [-0.2, -0.15) is 0 Å². The zero-order valence-electron chi connectivity index (χ0n) is 18.2. The van der Waals surface area contributed by atoms with Gasteiger partial charge in [-0.1, -0.05) is 57.2 Å². The lowest BCUT2D eigenvalue weighted by atomic mass is 9.91. The molecule has 2 aromatic carbocycles. The first-order chi connectivity index (χ1) is 14.7. The van der Waals surface area contributed by atoms with Crippen LogP contribution in [0.15, 0.2) is 48.7 Å². The maximum absolute atomic E-state index is 14.0. The molecule has 1 aromatic heterocycles. The number of aliphatic hydroxyl groups excluding tert-OH is 1. The molecule has 31 heavy (non-hydrogen) atoms. The fraction of sp³-hybridized carbons (Fsp3) is 0.360. The van der Waals surface area contributed by atoms with Crippen molar-refractivity contribution in [2.45, 2.75) is 46.6 Å². The van der Waals surface area contributed by atoms with E-state index in [1.54, 1.807) is 6.07 Å². The van der Waals surface area contributed by atoms with E-state index in [0.29, 0.717) is 17.7 Å². The lowest BCUT2D eigenvalue weighted by Crippen LogP contribution is -2.16. The first kappa shape index (κ1) is 22.7. The third kappa shape index (κ3) is 5.58. The highest BCUT2D eigenvalue weighted by Crippen LogP contribution is 2.27. The van der Waals surface area contributed by atoms with Gasteiger partial charge < -0.3 is 14.8 Å². The Morgan fingerprint density at radius 3 is 2.42 bits per heavy atom. The molecule has 3 rings (SSSR count). The molecular formula is C25H29FN2O3. The number of hydrogen-bond donors (Lipinski definition) is 2. The Bertz CT molecular complexity index is 1050. The molecule has 0 aliphatic carbocycles. The van der Waals surface area contributed by atoms with Crippen molar-refractivity contribution in [2.75, 3.05) is 6.61 Å². The minimum atomic E-state index is -1.28. The summed E-state index contributed by atoms with van der Waals surface area (Å²) in [6.07, 6.45) is 4.27. The van der Waals surface area contributed by atoms with E-state index in [4.69, 9.17) is 0 Å². The van der Waals surface area contributed by atoms with Gasteiger partial charge in [0, 0.05) is 24.9 Å². The Hall–Kier alpha value is -2.99. The van der Waals surface area contributed by atoms with Crippen LogP contribution in [0.4, 0.5) is 4.39 Å². The number of hydrogen-bond acceptors (Lipinski definition) is 3. The first-order valence-corrected chi connectivity index (χ1v) is 10.4. The minimum Gasteiger partial charge on any atom is -0.478 e. The second-order valence-electron chi connectivity index (χ2n) is 8.94. The van der Waals surface area contributed by atoms with Crippen molar-refractivity contribution in [3.05, 3.63) is 77.1 Å². The van der Waals surface area contributed by atoms with Crippen LogP contribution in [0, 0.1) is 11.2 Å². The molecular weight excluding hydrogens is 395 g/mol. The molecule has 0 bridgehead atoms. The Balaban J connectivity index is 1.76. The minimum absolute atomic E-state index is 0.0642. The Morgan fingerprint density at radius 1 is 1.10 bits per heavy atom. The summed E-state index contributed by atoms with van der Waals surface area (Å²) in [6, 6.07) is 11.8. The number of benzene rings is 2. The third-order valence-corrected chi connectivity index (χ3v) is 5.19. The molecule has 0 unspecified atom stereocenters. The summed E-state index contributed by atoms with van der Waals surface area (Å²) in [4.78, 5) is 16.0. The molecule has 0 saturated heterocycles. The Morgan fingerprint density at radius 2 is 1.81 bits per heavy atom. The highest BCUT2D eigenvalue weighted by Gasteiger charge is 2.18. The first-order valence-electron chi connectivity index (χ1n) is 10.4. The molecule has 6 heteroatoms. The number of carboxylic acid groups (broad SMARTS) is 1. The molecule has 0 atom stereocenters. The normalized spacial score (nSPS) is 11.6. The summed E-state index contributed by atoms with van der Waals surface area (Å²) in [5.74, 6) is -1.08. The monoisotopic (exact) mass is 424 g/mol. The van der Waals surface area contributed by atoms with Crippen LogP contribution < -0.4 is 0 Å². The van der Waals surface area contributed by atoms with Gasteiger partial charge in [-0.15, -0.1) is 0 Å². The highest BCUT2D eigenvalue weighted by molar-refractivity contribution is 5.96. The number of aromatic carboxylic acids is 1. The van der Waals surface area contributed by atoms with E-state index in [0.717, 1.165) is 42.4 Å². The molecule has 2 N–H and O–H groups in total. The van der Waals surface area contributed by atoms with Gasteiger partial charge in [0.25, 0.3) is 0 Å². The third-order valence-electron chi connectivity index (χ3n) is 5.19. The second kappa shape index (κ2) is 9.43. The average molecular weight is 425 g/mol. The van der Waals surface area contributed by atoms with E-state index in [1.807, 2.05) is 30.5 Å². The number of aryl methyl sites for hydroxylation is 2. The van der Waals surface area contributed by atoms with Gasteiger partial charge in [0.15, 0.2) is 0 Å². The number of halogens is 1. The second-order valence-corrected chi connectivity index (χ2v) is 8.94. The molecule has 1 heterocycles. The molecule has 5 nitrogen and oxygen atoms in total. The predicted octanol–water partition coefficient (Wildman–Crippen LogP) is 4.75. The summed E-state index contributed by atoms with van der Waals surface area (Å²) in [5.41, 5.74) is 3.05. The SMILES string of the molecule is CC(C)(C)Cc1cnc(CCc2ccc(-c3cccc(F)c3C(=O)O)cc2)n1CCO. The topological polar surface area (TPSA) is 75.3 Å². The van der Waals surface area contributed by atoms with Crippen LogP contribution in [0.1, 0.15) is 48.2 Å². The van der Waals surface area contributed by atoms with Crippen LogP contribution in [0.25, 0.3) is 11.1 Å². The fourth-order valence-electron chi connectivity index (χ4n) is 3.80. The van der Waals surface area contributed by atoms with Crippen molar-refractivity contribution in [3.8, 4) is 11.1 Å².